The highest BCUT2D eigenvalue weighted by Crippen LogP contribution is 2.02. The summed E-state index contributed by atoms with van der Waals surface area (Å²) >= 11 is 0. The van der Waals surface area contributed by atoms with E-state index in [0.29, 0.717) is 0 Å². The summed E-state index contributed by atoms with van der Waals surface area (Å²) in [6, 6.07) is -0.266. The molecule has 3 nitrogen and oxygen atoms in total. The van der Waals surface area contributed by atoms with Crippen molar-refractivity contribution in [3.05, 3.63) is 0 Å². The minimum absolute atomic E-state index is 0.266. The molecule has 0 fully saturated rings. The minimum Gasteiger partial charge on any atom is -0.351 e. The molecule has 2 amide bonds. The lowest BCUT2D eigenvalue weighted by atomic mass is 10.2. The molecule has 0 radical (unpaired) electrons. The van der Waals surface area contributed by atoms with Crippen LogP contribution in [0.4, 0.5) is 4.79 Å². The van der Waals surface area contributed by atoms with Gasteiger partial charge in [-0.1, -0.05) is 39.5 Å². The van der Waals surface area contributed by atoms with Gasteiger partial charge in [-0.25, -0.2) is 4.79 Å². The molecule has 0 heterocycles. The lowest BCUT2D eigenvalue weighted by Gasteiger charge is -2.19. The van der Waals surface area contributed by atoms with E-state index >= 15 is 0 Å². The van der Waals surface area contributed by atoms with Crippen LogP contribution in [0.25, 0.3) is 0 Å². The number of carbonyl (C=O) groups excluding carboxylic acids is 1. The van der Waals surface area contributed by atoms with Gasteiger partial charge in [-0.15, -0.1) is 0 Å². The van der Waals surface area contributed by atoms with Crippen LogP contribution in [0.5, 0.6) is 0 Å². The lowest BCUT2D eigenvalue weighted by Crippen LogP contribution is -2.37. The molecular weight excluding hydrogens is 176 g/mol. The molecule has 0 aliphatic heterocycles. The van der Waals surface area contributed by atoms with E-state index < -0.39 is 0 Å². The van der Waals surface area contributed by atoms with Crippen molar-refractivity contribution in [2.24, 2.45) is 5.73 Å². The van der Waals surface area contributed by atoms with Gasteiger partial charge in [-0.3, -0.25) is 0 Å². The fourth-order valence-electron chi connectivity index (χ4n) is 1.44. The van der Waals surface area contributed by atoms with E-state index in [2.05, 4.69) is 13.8 Å². The molecular formula is C11H24N2O. The van der Waals surface area contributed by atoms with Gasteiger partial charge in [0.1, 0.15) is 0 Å². The SMILES string of the molecule is CCCCCN(CCCCC)C(N)=O. The summed E-state index contributed by atoms with van der Waals surface area (Å²) in [4.78, 5) is 12.8. The molecule has 2 N–H and O–H groups in total. The first kappa shape index (κ1) is 13.3. The number of amides is 2. The molecule has 84 valence electrons. The van der Waals surface area contributed by atoms with Crippen molar-refractivity contribution in [1.29, 1.82) is 0 Å². The minimum atomic E-state index is -0.266. The van der Waals surface area contributed by atoms with E-state index in [1.165, 1.54) is 25.7 Å². The second-order valence-electron chi connectivity index (χ2n) is 3.74. The number of rotatable bonds is 8. The Morgan fingerprint density at radius 3 is 1.71 bits per heavy atom. The maximum atomic E-state index is 11.0. The quantitative estimate of drug-likeness (QED) is 0.602. The molecule has 0 spiro atoms. The number of hydrogen-bond acceptors (Lipinski definition) is 1. The summed E-state index contributed by atoms with van der Waals surface area (Å²) in [7, 11) is 0. The zero-order valence-corrected chi connectivity index (χ0v) is 9.59. The summed E-state index contributed by atoms with van der Waals surface area (Å²) in [5.74, 6) is 0. The monoisotopic (exact) mass is 200 g/mol. The van der Waals surface area contributed by atoms with Crippen molar-refractivity contribution in [3.63, 3.8) is 0 Å². The number of carbonyl (C=O) groups is 1. The summed E-state index contributed by atoms with van der Waals surface area (Å²) in [6.07, 6.45) is 6.87. The molecule has 3 heteroatoms. The van der Waals surface area contributed by atoms with Gasteiger partial charge < -0.3 is 10.6 Å². The van der Waals surface area contributed by atoms with Gasteiger partial charge in [-0.2, -0.15) is 0 Å². The third kappa shape index (κ3) is 6.75. The van der Waals surface area contributed by atoms with Crippen molar-refractivity contribution in [3.8, 4) is 0 Å². The van der Waals surface area contributed by atoms with Gasteiger partial charge in [0.2, 0.25) is 0 Å². The van der Waals surface area contributed by atoms with Crippen LogP contribution in [0.1, 0.15) is 52.4 Å². The van der Waals surface area contributed by atoms with Crippen LogP contribution < -0.4 is 5.73 Å². The van der Waals surface area contributed by atoms with Crippen LogP contribution in [0.15, 0.2) is 0 Å². The highest BCUT2D eigenvalue weighted by atomic mass is 16.2. The maximum Gasteiger partial charge on any atom is 0.314 e. The van der Waals surface area contributed by atoms with Crippen LogP contribution in [-0.2, 0) is 0 Å². The standard InChI is InChI=1S/C11H24N2O/c1-3-5-7-9-13(11(12)14)10-8-6-4-2/h3-10H2,1-2H3,(H2,12,14). The van der Waals surface area contributed by atoms with Crippen molar-refractivity contribution >= 4 is 6.03 Å². The van der Waals surface area contributed by atoms with Gasteiger partial charge in [0.15, 0.2) is 0 Å². The fraction of sp³-hybridized carbons (Fsp3) is 0.909. The predicted octanol–water partition coefficient (Wildman–Crippen LogP) is 2.75. The molecule has 0 aliphatic carbocycles. The Balaban J connectivity index is 3.61. The van der Waals surface area contributed by atoms with E-state index in [1.54, 1.807) is 4.90 Å². The normalized spacial score (nSPS) is 10.1. The van der Waals surface area contributed by atoms with E-state index in [4.69, 9.17) is 5.73 Å². The van der Waals surface area contributed by atoms with Crippen LogP contribution in [-0.4, -0.2) is 24.0 Å². The smallest absolute Gasteiger partial charge is 0.314 e. The first-order chi connectivity index (χ1) is 6.72. The van der Waals surface area contributed by atoms with E-state index in [1.807, 2.05) is 0 Å². The van der Waals surface area contributed by atoms with Crippen molar-refractivity contribution in [1.82, 2.24) is 4.90 Å². The van der Waals surface area contributed by atoms with Crippen LogP contribution >= 0.6 is 0 Å². The van der Waals surface area contributed by atoms with Gasteiger partial charge >= 0.3 is 6.03 Å². The molecule has 0 aromatic rings. The Kier molecular flexibility index (Phi) is 8.39. The third-order valence-corrected chi connectivity index (χ3v) is 2.37. The number of urea groups is 1. The average Bonchev–Trinajstić information content (AvgIpc) is 2.15. The topological polar surface area (TPSA) is 46.3 Å². The first-order valence-corrected chi connectivity index (χ1v) is 5.76. The largest absolute Gasteiger partial charge is 0.351 e. The average molecular weight is 200 g/mol. The second-order valence-corrected chi connectivity index (χ2v) is 3.74. The molecule has 14 heavy (non-hydrogen) atoms. The zero-order valence-electron chi connectivity index (χ0n) is 9.59. The summed E-state index contributed by atoms with van der Waals surface area (Å²) in [5, 5.41) is 0. The number of hydrogen-bond donors (Lipinski definition) is 1. The number of nitrogens with two attached hydrogens (primary N) is 1. The Hall–Kier alpha value is -0.730. The maximum absolute atomic E-state index is 11.0. The van der Waals surface area contributed by atoms with Crippen LogP contribution in [0.3, 0.4) is 0 Å². The summed E-state index contributed by atoms with van der Waals surface area (Å²) < 4.78 is 0. The number of unbranched alkanes of at least 4 members (excludes halogenated alkanes) is 4. The highest BCUT2D eigenvalue weighted by molar-refractivity contribution is 5.71. The van der Waals surface area contributed by atoms with Gasteiger partial charge in [0.25, 0.3) is 0 Å². The predicted molar refractivity (Wildman–Crippen MR) is 60.2 cm³/mol. The third-order valence-electron chi connectivity index (χ3n) is 2.37. The highest BCUT2D eigenvalue weighted by Gasteiger charge is 2.07. The molecule has 0 aromatic heterocycles. The molecule has 0 rings (SSSR count). The fourth-order valence-corrected chi connectivity index (χ4v) is 1.44. The summed E-state index contributed by atoms with van der Waals surface area (Å²) in [5.41, 5.74) is 5.29. The zero-order chi connectivity index (χ0) is 10.8. The van der Waals surface area contributed by atoms with E-state index in [9.17, 15) is 4.79 Å². The Bertz CT molecular complexity index is 138. The molecule has 0 unspecified atom stereocenters. The van der Waals surface area contributed by atoms with E-state index in [0.717, 1.165) is 25.9 Å². The van der Waals surface area contributed by atoms with Gasteiger partial charge in [0.05, 0.1) is 0 Å². The van der Waals surface area contributed by atoms with Crippen molar-refractivity contribution < 1.29 is 4.79 Å². The first-order valence-electron chi connectivity index (χ1n) is 5.76. The molecule has 0 atom stereocenters. The van der Waals surface area contributed by atoms with Gasteiger partial charge in [-0.05, 0) is 12.8 Å². The molecule has 0 aliphatic rings. The molecule has 0 saturated heterocycles. The molecule has 0 saturated carbocycles. The Morgan fingerprint density at radius 1 is 1.00 bits per heavy atom. The van der Waals surface area contributed by atoms with E-state index in [-0.39, 0.29) is 6.03 Å². The number of primary amides is 1. The van der Waals surface area contributed by atoms with Gasteiger partial charge in [0, 0.05) is 13.1 Å². The van der Waals surface area contributed by atoms with Crippen molar-refractivity contribution in [2.45, 2.75) is 52.4 Å². The van der Waals surface area contributed by atoms with Crippen LogP contribution in [0.2, 0.25) is 0 Å². The molecule has 0 bridgehead atoms. The summed E-state index contributed by atoms with van der Waals surface area (Å²) in [6.45, 7) is 5.97. The van der Waals surface area contributed by atoms with Crippen LogP contribution in [0, 0.1) is 0 Å². The Labute approximate surface area is 87.6 Å². The number of nitrogens with zero attached hydrogens (tertiary/aromatic N) is 1. The molecule has 0 aromatic carbocycles. The lowest BCUT2D eigenvalue weighted by molar-refractivity contribution is 0.205. The van der Waals surface area contributed by atoms with Crippen molar-refractivity contribution in [2.75, 3.05) is 13.1 Å². The second kappa shape index (κ2) is 8.85. The Morgan fingerprint density at radius 2 is 1.43 bits per heavy atom.